The van der Waals surface area contributed by atoms with Crippen molar-refractivity contribution in [2.24, 2.45) is 7.05 Å². The van der Waals surface area contributed by atoms with E-state index in [4.69, 9.17) is 4.74 Å². The summed E-state index contributed by atoms with van der Waals surface area (Å²) in [5, 5.41) is 7.14. The summed E-state index contributed by atoms with van der Waals surface area (Å²) in [7, 11) is 1.87. The van der Waals surface area contributed by atoms with Crippen LogP contribution >= 0.6 is 0 Å². The van der Waals surface area contributed by atoms with Crippen LogP contribution in [0, 0.1) is 25.5 Å². The standard InChI is InChI=1S/C18H23F2N3O2/c1-11(10-25-17-7-5-14(19)9-16(17)20)21-18(24)8-6-15-12(2)22-23(4)13(15)3/h5,7,9,11H,6,8,10H2,1-4H3,(H,21,24). The Morgan fingerprint density at radius 1 is 1.36 bits per heavy atom. The summed E-state index contributed by atoms with van der Waals surface area (Å²) in [4.78, 5) is 12.1. The Hall–Kier alpha value is -2.44. The van der Waals surface area contributed by atoms with Crippen LogP contribution in [0.15, 0.2) is 18.2 Å². The van der Waals surface area contributed by atoms with E-state index in [-0.39, 0.29) is 24.3 Å². The normalized spacial score (nSPS) is 12.1. The fourth-order valence-corrected chi connectivity index (χ4v) is 2.61. The molecule has 1 amide bonds. The molecule has 7 heteroatoms. The molecular weight excluding hydrogens is 328 g/mol. The Morgan fingerprint density at radius 2 is 2.08 bits per heavy atom. The molecule has 5 nitrogen and oxygen atoms in total. The highest BCUT2D eigenvalue weighted by molar-refractivity contribution is 5.76. The van der Waals surface area contributed by atoms with Crippen LogP contribution in [0.25, 0.3) is 0 Å². The van der Waals surface area contributed by atoms with Crippen molar-refractivity contribution in [2.75, 3.05) is 6.61 Å². The van der Waals surface area contributed by atoms with Crippen molar-refractivity contribution in [1.82, 2.24) is 15.1 Å². The molecule has 1 unspecified atom stereocenters. The van der Waals surface area contributed by atoms with Crippen molar-refractivity contribution in [3.63, 3.8) is 0 Å². The van der Waals surface area contributed by atoms with Gasteiger partial charge in [0.15, 0.2) is 11.6 Å². The molecule has 0 aliphatic heterocycles. The number of halogens is 2. The van der Waals surface area contributed by atoms with Gasteiger partial charge < -0.3 is 10.1 Å². The maximum absolute atomic E-state index is 13.5. The molecule has 1 aromatic carbocycles. The minimum absolute atomic E-state index is 0.0379. The summed E-state index contributed by atoms with van der Waals surface area (Å²) >= 11 is 0. The molecule has 2 aromatic rings. The van der Waals surface area contributed by atoms with Crippen molar-refractivity contribution in [3.8, 4) is 5.75 Å². The Kier molecular flexibility index (Phi) is 6.12. The fourth-order valence-electron chi connectivity index (χ4n) is 2.61. The Morgan fingerprint density at radius 3 is 2.68 bits per heavy atom. The second-order valence-electron chi connectivity index (χ2n) is 6.13. The van der Waals surface area contributed by atoms with Crippen molar-refractivity contribution < 1.29 is 18.3 Å². The number of rotatable bonds is 7. The number of hydrogen-bond donors (Lipinski definition) is 1. The summed E-state index contributed by atoms with van der Waals surface area (Å²) in [6, 6.07) is 2.82. The van der Waals surface area contributed by atoms with Crippen LogP contribution in [0.3, 0.4) is 0 Å². The van der Waals surface area contributed by atoms with Crippen LogP contribution < -0.4 is 10.1 Å². The summed E-state index contributed by atoms with van der Waals surface area (Å²) in [5.74, 6) is -1.57. The molecule has 1 N–H and O–H groups in total. The van der Waals surface area contributed by atoms with Crippen molar-refractivity contribution in [3.05, 3.63) is 46.8 Å². The molecule has 25 heavy (non-hydrogen) atoms. The van der Waals surface area contributed by atoms with E-state index in [1.54, 1.807) is 11.6 Å². The third-order valence-electron chi connectivity index (χ3n) is 4.05. The van der Waals surface area contributed by atoms with Gasteiger partial charge >= 0.3 is 0 Å². The Bertz CT molecular complexity index is 759. The van der Waals surface area contributed by atoms with Gasteiger partial charge in [-0.3, -0.25) is 9.48 Å². The van der Waals surface area contributed by atoms with Crippen LogP contribution in [0.1, 0.15) is 30.3 Å². The van der Waals surface area contributed by atoms with Crippen LogP contribution in [-0.4, -0.2) is 28.3 Å². The van der Waals surface area contributed by atoms with Gasteiger partial charge in [0.2, 0.25) is 5.91 Å². The lowest BCUT2D eigenvalue weighted by Gasteiger charge is -2.15. The number of nitrogens with one attached hydrogen (secondary N) is 1. The second kappa shape index (κ2) is 8.09. The molecule has 0 saturated heterocycles. The highest BCUT2D eigenvalue weighted by Gasteiger charge is 2.14. The number of aryl methyl sites for hydroxylation is 2. The van der Waals surface area contributed by atoms with Crippen LogP contribution in [-0.2, 0) is 18.3 Å². The highest BCUT2D eigenvalue weighted by Crippen LogP contribution is 2.18. The summed E-state index contributed by atoms with van der Waals surface area (Å²) in [6.07, 6.45) is 0.945. The van der Waals surface area contributed by atoms with Gasteiger partial charge in [0, 0.05) is 25.2 Å². The van der Waals surface area contributed by atoms with E-state index in [2.05, 4.69) is 10.4 Å². The summed E-state index contributed by atoms with van der Waals surface area (Å²) in [6.45, 7) is 5.76. The van der Waals surface area contributed by atoms with E-state index in [9.17, 15) is 13.6 Å². The van der Waals surface area contributed by atoms with Crippen LogP contribution in [0.2, 0.25) is 0 Å². The van der Waals surface area contributed by atoms with E-state index in [0.29, 0.717) is 12.8 Å². The first kappa shape index (κ1) is 18.9. The molecule has 1 atom stereocenters. The van der Waals surface area contributed by atoms with Gasteiger partial charge in [-0.2, -0.15) is 5.10 Å². The largest absolute Gasteiger partial charge is 0.488 e. The molecule has 1 heterocycles. The fraction of sp³-hybridized carbons (Fsp3) is 0.444. The monoisotopic (exact) mass is 351 g/mol. The topological polar surface area (TPSA) is 56.2 Å². The predicted molar refractivity (Wildman–Crippen MR) is 90.5 cm³/mol. The van der Waals surface area contributed by atoms with Gasteiger partial charge in [-0.1, -0.05) is 0 Å². The van der Waals surface area contributed by atoms with E-state index in [1.807, 2.05) is 20.9 Å². The molecule has 0 radical (unpaired) electrons. The van der Waals surface area contributed by atoms with Gasteiger partial charge in [0.25, 0.3) is 0 Å². The average molecular weight is 351 g/mol. The lowest BCUT2D eigenvalue weighted by molar-refractivity contribution is -0.121. The van der Waals surface area contributed by atoms with E-state index >= 15 is 0 Å². The Labute approximate surface area is 146 Å². The molecule has 2 rings (SSSR count). The third kappa shape index (κ3) is 5.01. The maximum Gasteiger partial charge on any atom is 0.220 e. The SMILES string of the molecule is Cc1nn(C)c(C)c1CCC(=O)NC(C)COc1ccc(F)cc1F. The lowest BCUT2D eigenvalue weighted by Crippen LogP contribution is -2.37. The molecule has 136 valence electrons. The first-order valence-corrected chi connectivity index (χ1v) is 8.14. The first-order valence-electron chi connectivity index (χ1n) is 8.14. The quantitative estimate of drug-likeness (QED) is 0.835. The van der Waals surface area contributed by atoms with E-state index in [0.717, 1.165) is 29.1 Å². The van der Waals surface area contributed by atoms with Gasteiger partial charge in [0.05, 0.1) is 11.7 Å². The van der Waals surface area contributed by atoms with Crippen molar-refractivity contribution in [2.45, 2.75) is 39.7 Å². The molecule has 0 saturated carbocycles. The number of carbonyl (C=O) groups is 1. The molecule has 0 bridgehead atoms. The van der Waals surface area contributed by atoms with Gasteiger partial charge in [-0.15, -0.1) is 0 Å². The summed E-state index contributed by atoms with van der Waals surface area (Å²) < 4.78 is 33.4. The molecule has 0 spiro atoms. The van der Waals surface area contributed by atoms with Gasteiger partial charge in [-0.25, -0.2) is 8.78 Å². The summed E-state index contributed by atoms with van der Waals surface area (Å²) in [5.41, 5.74) is 3.05. The van der Waals surface area contributed by atoms with Crippen LogP contribution in [0.5, 0.6) is 5.75 Å². The minimum Gasteiger partial charge on any atom is -0.488 e. The number of hydrogen-bond acceptors (Lipinski definition) is 3. The molecule has 0 aliphatic carbocycles. The lowest BCUT2D eigenvalue weighted by atomic mass is 10.1. The molecule has 0 aliphatic rings. The zero-order valence-corrected chi connectivity index (χ0v) is 14.9. The zero-order chi connectivity index (χ0) is 18.6. The number of carbonyl (C=O) groups excluding carboxylic acids is 1. The minimum atomic E-state index is -0.763. The first-order chi connectivity index (χ1) is 11.8. The van der Waals surface area contributed by atoms with Gasteiger partial charge in [-0.05, 0) is 44.9 Å². The average Bonchev–Trinajstić information content (AvgIpc) is 2.77. The number of amides is 1. The van der Waals surface area contributed by atoms with Gasteiger partial charge in [0.1, 0.15) is 12.4 Å². The van der Waals surface area contributed by atoms with Crippen molar-refractivity contribution >= 4 is 5.91 Å². The maximum atomic E-state index is 13.5. The highest BCUT2D eigenvalue weighted by atomic mass is 19.1. The second-order valence-corrected chi connectivity index (χ2v) is 6.13. The Balaban J connectivity index is 1.80. The van der Waals surface area contributed by atoms with E-state index < -0.39 is 11.6 Å². The van der Waals surface area contributed by atoms with E-state index in [1.165, 1.54) is 6.07 Å². The molecule has 1 aromatic heterocycles. The van der Waals surface area contributed by atoms with Crippen LogP contribution in [0.4, 0.5) is 8.78 Å². The molecule has 0 fully saturated rings. The third-order valence-corrected chi connectivity index (χ3v) is 4.05. The zero-order valence-electron chi connectivity index (χ0n) is 14.9. The number of aromatic nitrogens is 2. The number of ether oxygens (including phenoxy) is 1. The number of nitrogens with zero attached hydrogens (tertiary/aromatic N) is 2. The molecular formula is C18H23F2N3O2. The van der Waals surface area contributed by atoms with Crippen molar-refractivity contribution in [1.29, 1.82) is 0 Å². The smallest absolute Gasteiger partial charge is 0.220 e. The number of benzene rings is 1. The predicted octanol–water partition coefficient (Wildman–Crippen LogP) is 2.83.